The van der Waals surface area contributed by atoms with E-state index >= 15 is 0 Å². The van der Waals surface area contributed by atoms with Crippen LogP contribution in [0.1, 0.15) is 39.7 Å². The van der Waals surface area contributed by atoms with Gasteiger partial charge in [0.2, 0.25) is 0 Å². The fourth-order valence-electron chi connectivity index (χ4n) is 5.34. The van der Waals surface area contributed by atoms with Gasteiger partial charge in [-0.15, -0.1) is 0 Å². The van der Waals surface area contributed by atoms with Crippen LogP contribution in [0.25, 0.3) is 11.3 Å². The van der Waals surface area contributed by atoms with Crippen molar-refractivity contribution in [1.82, 2.24) is 24.4 Å². The topological polar surface area (TPSA) is 136 Å². The summed E-state index contributed by atoms with van der Waals surface area (Å²) in [5.41, 5.74) is 7.01. The molecule has 5 rings (SSSR count). The lowest BCUT2D eigenvalue weighted by Crippen LogP contribution is -2.44. The molecular formula is C30H34N6O5. The molecular weight excluding hydrogens is 524 g/mol. The van der Waals surface area contributed by atoms with Crippen molar-refractivity contribution < 1.29 is 19.4 Å². The van der Waals surface area contributed by atoms with Gasteiger partial charge in [0.05, 0.1) is 31.3 Å². The average Bonchev–Trinajstić information content (AvgIpc) is 3.38. The van der Waals surface area contributed by atoms with Crippen molar-refractivity contribution in [2.24, 2.45) is 4.99 Å². The number of rotatable bonds is 8. The number of fused-ring (bicyclic) bond motifs is 3. The summed E-state index contributed by atoms with van der Waals surface area (Å²) in [6.07, 6.45) is 1.90. The zero-order valence-electron chi connectivity index (χ0n) is 23.9. The largest absolute Gasteiger partial charge is 0.493 e. The van der Waals surface area contributed by atoms with E-state index in [-0.39, 0.29) is 30.5 Å². The highest BCUT2D eigenvalue weighted by molar-refractivity contribution is 5.92. The van der Waals surface area contributed by atoms with Crippen LogP contribution in [0.3, 0.4) is 0 Å². The predicted molar refractivity (Wildman–Crippen MR) is 154 cm³/mol. The Balaban J connectivity index is 1.63. The molecule has 0 fully saturated rings. The smallest absolute Gasteiger partial charge is 0.330 e. The number of carbonyl (C=O) groups is 1. The molecule has 1 aliphatic heterocycles. The molecule has 0 spiro atoms. The predicted octanol–water partition coefficient (Wildman–Crippen LogP) is 3.30. The Labute approximate surface area is 237 Å². The summed E-state index contributed by atoms with van der Waals surface area (Å²) in [6.45, 7) is 9.33. The van der Waals surface area contributed by atoms with E-state index in [4.69, 9.17) is 14.5 Å². The van der Waals surface area contributed by atoms with E-state index in [1.807, 2.05) is 45.9 Å². The van der Waals surface area contributed by atoms with Crippen molar-refractivity contribution in [3.8, 4) is 28.8 Å². The van der Waals surface area contributed by atoms with Crippen LogP contribution in [-0.4, -0.2) is 50.4 Å². The maximum absolute atomic E-state index is 14.0. The number of aromatic amines is 1. The van der Waals surface area contributed by atoms with Gasteiger partial charge in [0, 0.05) is 31.3 Å². The van der Waals surface area contributed by atoms with Crippen molar-refractivity contribution in [2.75, 3.05) is 20.3 Å². The monoisotopic (exact) mass is 558 g/mol. The van der Waals surface area contributed by atoms with Gasteiger partial charge in [0.1, 0.15) is 11.2 Å². The number of aryl methyl sites for hydroxylation is 4. The number of aromatic hydroxyl groups is 1. The minimum Gasteiger partial charge on any atom is -0.493 e. The average molecular weight is 559 g/mol. The third kappa shape index (κ3) is 5.47. The Bertz CT molecular complexity index is 1740. The maximum Gasteiger partial charge on any atom is 0.330 e. The molecule has 3 heterocycles. The lowest BCUT2D eigenvalue weighted by atomic mass is 9.97. The number of methoxy groups -OCH3 is 1. The number of hydrogen-bond donors (Lipinski definition) is 3. The van der Waals surface area contributed by atoms with Crippen molar-refractivity contribution >= 4 is 11.6 Å². The quantitative estimate of drug-likeness (QED) is 0.304. The van der Waals surface area contributed by atoms with E-state index < -0.39 is 5.91 Å². The van der Waals surface area contributed by atoms with Gasteiger partial charge < -0.3 is 24.9 Å². The molecule has 214 valence electrons. The molecule has 2 aromatic carbocycles. The Morgan fingerprint density at radius 3 is 2.56 bits per heavy atom. The van der Waals surface area contributed by atoms with Crippen LogP contribution in [0.5, 0.6) is 17.5 Å². The summed E-state index contributed by atoms with van der Waals surface area (Å²) in [4.78, 5) is 37.6. The SMILES string of the molecule is CCOc1cc2c(cc1OC)-c1c/c(=N\c3c(C)cc(C)cc3C)n(CCNC(=O)c3cnc(O)[nH]3)c(=O)n1CC2. The first-order valence-electron chi connectivity index (χ1n) is 13.5. The summed E-state index contributed by atoms with van der Waals surface area (Å²) in [5.74, 6) is 0.832. The minimum atomic E-state index is -0.439. The number of nitrogens with one attached hydrogen (secondary N) is 2. The highest BCUT2D eigenvalue weighted by Gasteiger charge is 2.23. The third-order valence-corrected chi connectivity index (χ3v) is 7.15. The first kappa shape index (κ1) is 27.8. The molecule has 0 saturated heterocycles. The fraction of sp³-hybridized carbons (Fsp3) is 0.333. The van der Waals surface area contributed by atoms with E-state index in [1.54, 1.807) is 16.2 Å². The van der Waals surface area contributed by atoms with Gasteiger partial charge in [-0.1, -0.05) is 17.7 Å². The second kappa shape index (κ2) is 11.4. The van der Waals surface area contributed by atoms with E-state index in [2.05, 4.69) is 27.4 Å². The van der Waals surface area contributed by atoms with Crippen LogP contribution in [0.2, 0.25) is 0 Å². The Hall–Kier alpha value is -4.80. The van der Waals surface area contributed by atoms with Crippen LogP contribution in [0, 0.1) is 20.8 Å². The van der Waals surface area contributed by atoms with Crippen LogP contribution >= 0.6 is 0 Å². The number of ether oxygens (including phenoxy) is 2. The second-order valence-corrected chi connectivity index (χ2v) is 10.1. The lowest BCUT2D eigenvalue weighted by Gasteiger charge is -2.25. The first-order valence-corrected chi connectivity index (χ1v) is 13.5. The normalized spacial score (nSPS) is 12.6. The summed E-state index contributed by atoms with van der Waals surface area (Å²) in [7, 11) is 1.60. The van der Waals surface area contributed by atoms with Crippen LogP contribution in [-0.2, 0) is 19.5 Å². The number of amides is 1. The van der Waals surface area contributed by atoms with Crippen LogP contribution < -0.4 is 26.0 Å². The molecule has 1 amide bonds. The molecule has 2 aromatic heterocycles. The molecule has 0 unspecified atom stereocenters. The number of H-pyrrole nitrogens is 1. The fourth-order valence-corrected chi connectivity index (χ4v) is 5.34. The molecule has 4 aromatic rings. The second-order valence-electron chi connectivity index (χ2n) is 10.1. The van der Waals surface area contributed by atoms with Gasteiger partial charge >= 0.3 is 5.69 Å². The number of carbonyl (C=O) groups excluding carboxylic acids is 1. The van der Waals surface area contributed by atoms with Gasteiger partial charge in [-0.2, -0.15) is 0 Å². The maximum atomic E-state index is 14.0. The zero-order valence-corrected chi connectivity index (χ0v) is 23.9. The Morgan fingerprint density at radius 2 is 1.90 bits per heavy atom. The number of nitrogens with zero attached hydrogens (tertiary/aromatic N) is 4. The third-order valence-electron chi connectivity index (χ3n) is 7.15. The van der Waals surface area contributed by atoms with Crippen molar-refractivity contribution in [2.45, 2.75) is 47.2 Å². The summed E-state index contributed by atoms with van der Waals surface area (Å²) < 4.78 is 14.7. The number of benzene rings is 2. The van der Waals surface area contributed by atoms with E-state index in [0.29, 0.717) is 36.6 Å². The molecule has 1 aliphatic rings. The lowest BCUT2D eigenvalue weighted by molar-refractivity contribution is 0.0947. The first-order chi connectivity index (χ1) is 19.7. The molecule has 0 bridgehead atoms. The number of hydrogen-bond acceptors (Lipinski definition) is 7. The van der Waals surface area contributed by atoms with Crippen LogP contribution in [0.15, 0.2) is 46.3 Å². The standard InChI is InChI=1S/C30H34N6O5/c1-6-41-25-13-20-7-9-35-23(21(20)14-24(25)40-5)15-26(34-27-18(3)11-17(2)12-19(27)4)36(30(35)39)10-8-31-28(37)22-16-32-29(38)33-22/h11-16H,6-10H2,1-5H3,(H,31,37)(H2,32,33,38)/b34-26+. The van der Waals surface area contributed by atoms with E-state index in [1.165, 1.54) is 6.20 Å². The van der Waals surface area contributed by atoms with Gasteiger partial charge in [-0.25, -0.2) is 14.8 Å². The van der Waals surface area contributed by atoms with E-state index in [0.717, 1.165) is 39.2 Å². The van der Waals surface area contributed by atoms with Crippen LogP contribution in [0.4, 0.5) is 5.69 Å². The van der Waals surface area contributed by atoms with E-state index in [9.17, 15) is 14.7 Å². The molecule has 3 N–H and O–H groups in total. The number of aromatic nitrogens is 4. The molecule has 0 atom stereocenters. The summed E-state index contributed by atoms with van der Waals surface area (Å²) >= 11 is 0. The number of imidazole rings is 1. The highest BCUT2D eigenvalue weighted by atomic mass is 16.5. The molecule has 11 nitrogen and oxygen atoms in total. The highest BCUT2D eigenvalue weighted by Crippen LogP contribution is 2.37. The Morgan fingerprint density at radius 1 is 1.15 bits per heavy atom. The molecule has 11 heteroatoms. The van der Waals surface area contributed by atoms with Gasteiger partial charge in [-0.05, 0) is 62.9 Å². The summed E-state index contributed by atoms with van der Waals surface area (Å²) in [5, 5.41) is 12.2. The Kier molecular flexibility index (Phi) is 7.69. The van der Waals surface area contributed by atoms with Crippen molar-refractivity contribution in [1.29, 1.82) is 0 Å². The minimum absolute atomic E-state index is 0.127. The van der Waals surface area contributed by atoms with Gasteiger partial charge in [0.15, 0.2) is 11.5 Å². The zero-order chi connectivity index (χ0) is 29.3. The molecule has 0 saturated carbocycles. The summed E-state index contributed by atoms with van der Waals surface area (Å²) in [6, 6.07) is 9.62. The molecule has 0 radical (unpaired) electrons. The van der Waals surface area contributed by atoms with Gasteiger partial charge in [-0.3, -0.25) is 13.9 Å². The van der Waals surface area contributed by atoms with Gasteiger partial charge in [0.25, 0.3) is 11.9 Å². The molecule has 41 heavy (non-hydrogen) atoms. The molecule has 0 aliphatic carbocycles. The van der Waals surface area contributed by atoms with Crippen molar-refractivity contribution in [3.63, 3.8) is 0 Å². The van der Waals surface area contributed by atoms with Crippen molar-refractivity contribution in [3.05, 3.63) is 80.4 Å².